The fraction of sp³-hybridized carbons (Fsp3) is 0.200. The molecule has 0 fully saturated rings. The van der Waals surface area contributed by atoms with Crippen molar-refractivity contribution in [2.45, 2.75) is 19.6 Å². The highest BCUT2D eigenvalue weighted by molar-refractivity contribution is 5.47. The Kier molecular flexibility index (Phi) is 3.88. The fourth-order valence-electron chi connectivity index (χ4n) is 2.28. The molecule has 0 saturated carbocycles. The molecule has 1 aromatic carbocycles. The molecule has 0 aliphatic rings. The lowest BCUT2D eigenvalue weighted by molar-refractivity contribution is 0.150. The topological polar surface area (TPSA) is 76.7 Å². The molecule has 0 bridgehead atoms. The maximum absolute atomic E-state index is 13.1. The molecule has 0 saturated heterocycles. The minimum atomic E-state index is -0.841. The van der Waals surface area contributed by atoms with Crippen molar-refractivity contribution in [1.82, 2.24) is 25.2 Å². The van der Waals surface area contributed by atoms with Crippen molar-refractivity contribution in [3.05, 3.63) is 59.5 Å². The maximum Gasteiger partial charge on any atom is 0.200 e. The van der Waals surface area contributed by atoms with Gasteiger partial charge < -0.3 is 5.11 Å². The predicted octanol–water partition coefficient (Wildman–Crippen LogP) is 1.92. The van der Waals surface area contributed by atoms with Crippen LogP contribution in [0.25, 0.3) is 11.5 Å². The summed E-state index contributed by atoms with van der Waals surface area (Å²) in [6.45, 7) is 1.91. The van der Waals surface area contributed by atoms with Gasteiger partial charge in [-0.2, -0.15) is 0 Å². The van der Waals surface area contributed by atoms with Gasteiger partial charge in [-0.05, 0) is 52.7 Å². The van der Waals surface area contributed by atoms with Crippen LogP contribution in [0.2, 0.25) is 0 Å². The average molecular weight is 299 g/mol. The number of aliphatic hydroxyl groups is 1. The Morgan fingerprint density at radius 3 is 2.86 bits per heavy atom. The second kappa shape index (κ2) is 5.98. The van der Waals surface area contributed by atoms with Gasteiger partial charge in [0, 0.05) is 6.20 Å². The predicted molar refractivity (Wildman–Crippen MR) is 77.1 cm³/mol. The van der Waals surface area contributed by atoms with Crippen molar-refractivity contribution in [1.29, 1.82) is 0 Å². The summed E-state index contributed by atoms with van der Waals surface area (Å²) < 4.78 is 14.6. The van der Waals surface area contributed by atoms with Gasteiger partial charge in [-0.15, -0.1) is 5.10 Å². The molecule has 0 amide bonds. The molecule has 0 aliphatic carbocycles. The third-order valence-electron chi connectivity index (χ3n) is 3.36. The fourth-order valence-corrected chi connectivity index (χ4v) is 2.28. The number of pyridine rings is 1. The summed E-state index contributed by atoms with van der Waals surface area (Å²) in [6.07, 6.45) is 0.807. The van der Waals surface area contributed by atoms with E-state index in [4.69, 9.17) is 0 Å². The monoisotopic (exact) mass is 299 g/mol. The standard InChI is InChI=1S/C15H14FN5O/c1-10-8-11(16)5-6-12(10)14(22)9-21-15(18-19-20-21)13-4-2-3-7-17-13/h2-8,14,22H,9H2,1H3. The number of aromatic nitrogens is 5. The molecule has 112 valence electrons. The summed E-state index contributed by atoms with van der Waals surface area (Å²) in [4.78, 5) is 4.20. The van der Waals surface area contributed by atoms with Gasteiger partial charge in [-0.25, -0.2) is 9.07 Å². The summed E-state index contributed by atoms with van der Waals surface area (Å²) in [5, 5.41) is 21.8. The molecule has 2 heterocycles. The lowest BCUT2D eigenvalue weighted by Gasteiger charge is -2.14. The van der Waals surface area contributed by atoms with Gasteiger partial charge in [-0.1, -0.05) is 12.1 Å². The number of hydrogen-bond acceptors (Lipinski definition) is 5. The first kappa shape index (κ1) is 14.3. The van der Waals surface area contributed by atoms with Crippen LogP contribution in [0.1, 0.15) is 17.2 Å². The van der Waals surface area contributed by atoms with Crippen molar-refractivity contribution in [2.75, 3.05) is 0 Å². The van der Waals surface area contributed by atoms with E-state index >= 15 is 0 Å². The quantitative estimate of drug-likeness (QED) is 0.796. The van der Waals surface area contributed by atoms with E-state index in [9.17, 15) is 9.50 Å². The molecule has 22 heavy (non-hydrogen) atoms. The zero-order valence-corrected chi connectivity index (χ0v) is 11.9. The molecular weight excluding hydrogens is 285 g/mol. The second-order valence-electron chi connectivity index (χ2n) is 4.92. The molecule has 6 nitrogen and oxygen atoms in total. The second-order valence-corrected chi connectivity index (χ2v) is 4.92. The molecule has 1 unspecified atom stereocenters. The van der Waals surface area contributed by atoms with Crippen LogP contribution in [0.15, 0.2) is 42.6 Å². The van der Waals surface area contributed by atoms with E-state index in [1.54, 1.807) is 31.3 Å². The Labute approximate surface area is 126 Å². The van der Waals surface area contributed by atoms with E-state index in [0.29, 0.717) is 22.6 Å². The number of aryl methyl sites for hydroxylation is 1. The van der Waals surface area contributed by atoms with Crippen LogP contribution >= 0.6 is 0 Å². The summed E-state index contributed by atoms with van der Waals surface area (Å²) in [7, 11) is 0. The van der Waals surface area contributed by atoms with Crippen molar-refractivity contribution >= 4 is 0 Å². The number of hydrogen-bond donors (Lipinski definition) is 1. The summed E-state index contributed by atoms with van der Waals surface area (Å²) in [6, 6.07) is 9.71. The molecule has 1 atom stereocenters. The van der Waals surface area contributed by atoms with Crippen LogP contribution in [0, 0.1) is 12.7 Å². The van der Waals surface area contributed by atoms with Crippen molar-refractivity contribution in [3.63, 3.8) is 0 Å². The van der Waals surface area contributed by atoms with Gasteiger partial charge in [0.1, 0.15) is 11.5 Å². The summed E-state index contributed by atoms with van der Waals surface area (Å²) in [5.74, 6) is 0.143. The average Bonchev–Trinajstić information content (AvgIpc) is 2.96. The first-order chi connectivity index (χ1) is 10.6. The summed E-state index contributed by atoms with van der Waals surface area (Å²) in [5.41, 5.74) is 1.94. The smallest absolute Gasteiger partial charge is 0.200 e. The highest BCUT2D eigenvalue weighted by Crippen LogP contribution is 2.21. The molecule has 3 rings (SSSR count). The maximum atomic E-state index is 13.1. The van der Waals surface area contributed by atoms with Crippen molar-refractivity contribution < 1.29 is 9.50 Å². The van der Waals surface area contributed by atoms with E-state index in [2.05, 4.69) is 20.5 Å². The SMILES string of the molecule is Cc1cc(F)ccc1C(O)Cn1nnnc1-c1ccccn1. The first-order valence-electron chi connectivity index (χ1n) is 6.77. The lowest BCUT2D eigenvalue weighted by atomic mass is 10.0. The number of halogens is 1. The molecule has 0 radical (unpaired) electrons. The minimum absolute atomic E-state index is 0.158. The van der Waals surface area contributed by atoms with Crippen LogP contribution in [-0.2, 0) is 6.54 Å². The third kappa shape index (κ3) is 2.84. The van der Waals surface area contributed by atoms with Gasteiger partial charge in [-0.3, -0.25) is 4.98 Å². The van der Waals surface area contributed by atoms with E-state index in [1.807, 2.05) is 6.07 Å². The van der Waals surface area contributed by atoms with E-state index < -0.39 is 6.10 Å². The molecule has 0 aliphatic heterocycles. The molecule has 1 N–H and O–H groups in total. The first-order valence-corrected chi connectivity index (χ1v) is 6.77. The zero-order chi connectivity index (χ0) is 15.5. The van der Waals surface area contributed by atoms with E-state index in [-0.39, 0.29) is 12.4 Å². The van der Waals surface area contributed by atoms with E-state index in [1.165, 1.54) is 16.8 Å². The number of benzene rings is 1. The van der Waals surface area contributed by atoms with Gasteiger partial charge in [0.15, 0.2) is 0 Å². The van der Waals surface area contributed by atoms with Gasteiger partial charge in [0.05, 0.1) is 12.6 Å². The van der Waals surface area contributed by atoms with Crippen LogP contribution in [0.3, 0.4) is 0 Å². The normalized spacial score (nSPS) is 12.3. The Morgan fingerprint density at radius 1 is 1.27 bits per heavy atom. The third-order valence-corrected chi connectivity index (χ3v) is 3.36. The molecule has 7 heteroatoms. The largest absolute Gasteiger partial charge is 0.386 e. The van der Waals surface area contributed by atoms with Gasteiger partial charge in [0.25, 0.3) is 0 Å². The van der Waals surface area contributed by atoms with Crippen LogP contribution in [0.5, 0.6) is 0 Å². The van der Waals surface area contributed by atoms with Crippen LogP contribution in [0.4, 0.5) is 4.39 Å². The Balaban J connectivity index is 1.86. The Hall–Kier alpha value is -2.67. The Morgan fingerprint density at radius 2 is 2.14 bits per heavy atom. The highest BCUT2D eigenvalue weighted by atomic mass is 19.1. The molecule has 2 aromatic heterocycles. The van der Waals surface area contributed by atoms with Gasteiger partial charge >= 0.3 is 0 Å². The number of nitrogens with zero attached hydrogens (tertiary/aromatic N) is 5. The molecular formula is C15H14FN5O. The summed E-state index contributed by atoms with van der Waals surface area (Å²) >= 11 is 0. The number of rotatable bonds is 4. The molecule has 0 spiro atoms. The Bertz CT molecular complexity index is 775. The van der Waals surface area contributed by atoms with Crippen LogP contribution in [-0.4, -0.2) is 30.3 Å². The van der Waals surface area contributed by atoms with E-state index in [0.717, 1.165) is 0 Å². The van der Waals surface area contributed by atoms with Crippen LogP contribution < -0.4 is 0 Å². The van der Waals surface area contributed by atoms with Crippen molar-refractivity contribution in [2.24, 2.45) is 0 Å². The lowest BCUT2D eigenvalue weighted by Crippen LogP contribution is -2.13. The highest BCUT2D eigenvalue weighted by Gasteiger charge is 2.16. The number of aliphatic hydroxyl groups excluding tert-OH is 1. The van der Waals surface area contributed by atoms with Crippen molar-refractivity contribution in [3.8, 4) is 11.5 Å². The minimum Gasteiger partial charge on any atom is -0.386 e. The zero-order valence-electron chi connectivity index (χ0n) is 11.9. The number of tetrazole rings is 1. The van der Waals surface area contributed by atoms with Gasteiger partial charge in [0.2, 0.25) is 5.82 Å². The molecule has 3 aromatic rings.